The van der Waals surface area contributed by atoms with Crippen LogP contribution in [0.2, 0.25) is 0 Å². The molecule has 2 heterocycles. The lowest BCUT2D eigenvalue weighted by Gasteiger charge is -2.34. The zero-order chi connectivity index (χ0) is 18.7. The van der Waals surface area contributed by atoms with Gasteiger partial charge in [-0.1, -0.05) is 32.9 Å². The predicted molar refractivity (Wildman–Crippen MR) is 100 cm³/mol. The summed E-state index contributed by atoms with van der Waals surface area (Å²) < 4.78 is 13.5. The molecular formula is C20H27FN4O. The van der Waals surface area contributed by atoms with E-state index in [2.05, 4.69) is 41.2 Å². The highest BCUT2D eigenvalue weighted by Gasteiger charge is 2.30. The van der Waals surface area contributed by atoms with E-state index >= 15 is 0 Å². The predicted octanol–water partition coefficient (Wildman–Crippen LogP) is 3.46. The summed E-state index contributed by atoms with van der Waals surface area (Å²) in [5.74, 6) is -0.526. The summed E-state index contributed by atoms with van der Waals surface area (Å²) in [5.41, 5.74) is 1.52. The number of likely N-dealkylation sites (tertiary alicyclic amines) is 1. The van der Waals surface area contributed by atoms with Gasteiger partial charge in [-0.2, -0.15) is 5.10 Å². The van der Waals surface area contributed by atoms with Gasteiger partial charge in [0.15, 0.2) is 0 Å². The average molecular weight is 358 g/mol. The third kappa shape index (κ3) is 4.30. The Bertz CT molecular complexity index is 759. The number of carbonyl (C=O) groups is 1. The van der Waals surface area contributed by atoms with Crippen LogP contribution in [0, 0.1) is 11.2 Å². The Labute approximate surface area is 154 Å². The summed E-state index contributed by atoms with van der Waals surface area (Å²) in [7, 11) is 0. The van der Waals surface area contributed by atoms with Gasteiger partial charge in [-0.15, -0.1) is 0 Å². The van der Waals surface area contributed by atoms with Crippen LogP contribution in [-0.4, -0.2) is 46.7 Å². The fraction of sp³-hybridized carbons (Fsp3) is 0.500. The lowest BCUT2D eigenvalue weighted by molar-refractivity contribution is 0.0879. The summed E-state index contributed by atoms with van der Waals surface area (Å²) in [5, 5.41) is 10.0. The molecule has 2 aromatic rings. The maximum atomic E-state index is 13.5. The molecule has 0 aliphatic carbocycles. The first-order valence-corrected chi connectivity index (χ1v) is 9.17. The summed E-state index contributed by atoms with van der Waals surface area (Å²) in [4.78, 5) is 15.3. The van der Waals surface area contributed by atoms with E-state index in [-0.39, 0.29) is 23.2 Å². The zero-order valence-corrected chi connectivity index (χ0v) is 15.7. The van der Waals surface area contributed by atoms with Gasteiger partial charge < -0.3 is 10.2 Å². The third-order valence-electron chi connectivity index (χ3n) is 4.99. The molecule has 1 fully saturated rings. The van der Waals surface area contributed by atoms with Crippen LogP contribution in [0.4, 0.5) is 4.39 Å². The van der Waals surface area contributed by atoms with Crippen molar-refractivity contribution in [2.75, 3.05) is 19.6 Å². The normalized spacial score (nSPS) is 16.6. The molecule has 26 heavy (non-hydrogen) atoms. The van der Waals surface area contributed by atoms with Crippen LogP contribution < -0.4 is 5.32 Å². The molecule has 3 rings (SSSR count). The van der Waals surface area contributed by atoms with Crippen molar-refractivity contribution < 1.29 is 9.18 Å². The summed E-state index contributed by atoms with van der Waals surface area (Å²) in [6.45, 7) is 9.42. The monoisotopic (exact) mass is 358 g/mol. The molecule has 1 aliphatic rings. The Morgan fingerprint density at radius 1 is 1.35 bits per heavy atom. The van der Waals surface area contributed by atoms with E-state index in [1.54, 1.807) is 12.1 Å². The summed E-state index contributed by atoms with van der Waals surface area (Å²) in [6, 6.07) is 6.18. The van der Waals surface area contributed by atoms with Gasteiger partial charge in [0.05, 0.1) is 17.5 Å². The average Bonchev–Trinajstić information content (AvgIpc) is 3.25. The fourth-order valence-corrected chi connectivity index (χ4v) is 3.32. The maximum absolute atomic E-state index is 13.5. The number of nitrogens with one attached hydrogen (secondary N) is 2. The molecule has 5 nitrogen and oxygen atoms in total. The smallest absolute Gasteiger partial charge is 0.255 e. The van der Waals surface area contributed by atoms with Crippen LogP contribution in [0.15, 0.2) is 30.5 Å². The number of hydrogen-bond donors (Lipinski definition) is 2. The van der Waals surface area contributed by atoms with Crippen LogP contribution >= 0.6 is 0 Å². The molecule has 0 saturated carbocycles. The number of aromatic nitrogens is 2. The van der Waals surface area contributed by atoms with Crippen molar-refractivity contribution in [2.45, 2.75) is 39.7 Å². The molecule has 1 aromatic heterocycles. The Balaban J connectivity index is 1.79. The quantitative estimate of drug-likeness (QED) is 0.860. The number of halogens is 1. The highest BCUT2D eigenvalue weighted by molar-refractivity contribution is 5.99. The topological polar surface area (TPSA) is 61.0 Å². The van der Waals surface area contributed by atoms with E-state index in [0.29, 0.717) is 16.8 Å². The number of aromatic amines is 1. The van der Waals surface area contributed by atoms with Crippen LogP contribution in [0.1, 0.15) is 44.0 Å². The molecule has 140 valence electrons. The number of benzene rings is 1. The van der Waals surface area contributed by atoms with E-state index < -0.39 is 0 Å². The second-order valence-electron chi connectivity index (χ2n) is 8.07. The second kappa shape index (κ2) is 7.58. The number of H-pyrrole nitrogens is 1. The molecule has 1 aliphatic heterocycles. The van der Waals surface area contributed by atoms with Gasteiger partial charge in [0, 0.05) is 18.2 Å². The number of rotatable bonds is 5. The third-order valence-corrected chi connectivity index (χ3v) is 4.99. The van der Waals surface area contributed by atoms with Crippen LogP contribution in [0.5, 0.6) is 0 Å². The minimum Gasteiger partial charge on any atom is -0.347 e. The first-order valence-electron chi connectivity index (χ1n) is 9.17. The molecular weight excluding hydrogens is 331 g/mol. The van der Waals surface area contributed by atoms with Gasteiger partial charge in [-0.25, -0.2) is 4.39 Å². The summed E-state index contributed by atoms with van der Waals surface area (Å²) in [6.07, 6.45) is 3.94. The van der Waals surface area contributed by atoms with Gasteiger partial charge in [-0.3, -0.25) is 9.89 Å². The molecule has 0 spiro atoms. The zero-order valence-electron chi connectivity index (χ0n) is 15.7. The lowest BCUT2D eigenvalue weighted by atomic mass is 9.86. The Kier molecular flexibility index (Phi) is 5.41. The molecule has 0 unspecified atom stereocenters. The number of hydrogen-bond acceptors (Lipinski definition) is 3. The van der Waals surface area contributed by atoms with Crippen LogP contribution in [0.25, 0.3) is 11.3 Å². The molecule has 1 aromatic carbocycles. The first kappa shape index (κ1) is 18.6. The van der Waals surface area contributed by atoms with Crippen molar-refractivity contribution in [3.05, 3.63) is 41.8 Å². The summed E-state index contributed by atoms with van der Waals surface area (Å²) >= 11 is 0. The molecule has 1 atom stereocenters. The number of nitrogens with zero attached hydrogens (tertiary/aromatic N) is 2. The molecule has 2 N–H and O–H groups in total. The van der Waals surface area contributed by atoms with E-state index in [1.807, 2.05) is 0 Å². The van der Waals surface area contributed by atoms with E-state index in [1.165, 1.54) is 31.2 Å². The molecule has 6 heteroatoms. The van der Waals surface area contributed by atoms with Gasteiger partial charge in [0.25, 0.3) is 5.91 Å². The second-order valence-corrected chi connectivity index (χ2v) is 8.07. The standard InChI is InChI=1S/C20H27FN4O/c1-20(2,3)17(13-25-9-4-5-10-25)23-19(26)16-12-22-24-18(16)14-7-6-8-15(21)11-14/h6-8,11-12,17H,4-5,9-10,13H2,1-3H3,(H,22,24)(H,23,26)/t17-/m0/s1. The van der Waals surface area contributed by atoms with Crippen molar-refractivity contribution >= 4 is 5.91 Å². The first-order chi connectivity index (χ1) is 12.3. The Morgan fingerprint density at radius 3 is 2.73 bits per heavy atom. The van der Waals surface area contributed by atoms with E-state index in [0.717, 1.165) is 19.6 Å². The molecule has 0 radical (unpaired) electrons. The van der Waals surface area contributed by atoms with E-state index in [4.69, 9.17) is 0 Å². The largest absolute Gasteiger partial charge is 0.347 e. The van der Waals surface area contributed by atoms with Crippen LogP contribution in [-0.2, 0) is 0 Å². The maximum Gasteiger partial charge on any atom is 0.255 e. The van der Waals surface area contributed by atoms with E-state index in [9.17, 15) is 9.18 Å². The Morgan fingerprint density at radius 2 is 2.08 bits per heavy atom. The minimum absolute atomic E-state index is 0.0170. The van der Waals surface area contributed by atoms with Crippen molar-refractivity contribution in [2.24, 2.45) is 5.41 Å². The number of amides is 1. The Hall–Kier alpha value is -2.21. The number of carbonyl (C=O) groups excluding carboxylic acids is 1. The van der Waals surface area contributed by atoms with Crippen molar-refractivity contribution in [3.8, 4) is 11.3 Å². The van der Waals surface area contributed by atoms with Crippen molar-refractivity contribution in [1.29, 1.82) is 0 Å². The van der Waals surface area contributed by atoms with Gasteiger partial charge >= 0.3 is 0 Å². The highest BCUT2D eigenvalue weighted by atomic mass is 19.1. The van der Waals surface area contributed by atoms with Gasteiger partial charge in [-0.05, 0) is 43.5 Å². The van der Waals surface area contributed by atoms with Gasteiger partial charge in [0.2, 0.25) is 0 Å². The van der Waals surface area contributed by atoms with Crippen molar-refractivity contribution in [1.82, 2.24) is 20.4 Å². The van der Waals surface area contributed by atoms with Gasteiger partial charge in [0.1, 0.15) is 5.82 Å². The van der Waals surface area contributed by atoms with Crippen LogP contribution in [0.3, 0.4) is 0 Å². The fourth-order valence-electron chi connectivity index (χ4n) is 3.32. The highest BCUT2D eigenvalue weighted by Crippen LogP contribution is 2.25. The molecule has 0 bridgehead atoms. The lowest BCUT2D eigenvalue weighted by Crippen LogP contribution is -2.50. The molecule has 1 saturated heterocycles. The minimum atomic E-state index is -0.343. The SMILES string of the molecule is CC(C)(C)[C@H](CN1CCCC1)NC(=O)c1cn[nH]c1-c1cccc(F)c1. The van der Waals surface area contributed by atoms with Crippen molar-refractivity contribution in [3.63, 3.8) is 0 Å². The molecule has 1 amide bonds.